The molecule has 104 valence electrons. The molecular formula is C13H20N4O2. The fraction of sp³-hybridized carbons (Fsp3) is 0.615. The van der Waals surface area contributed by atoms with Crippen molar-refractivity contribution in [3.8, 4) is 5.88 Å². The van der Waals surface area contributed by atoms with Gasteiger partial charge < -0.3 is 15.0 Å². The number of carbonyl (C=O) groups is 1. The van der Waals surface area contributed by atoms with Crippen LogP contribution in [0.4, 0.5) is 5.95 Å². The van der Waals surface area contributed by atoms with Gasteiger partial charge in [-0.3, -0.25) is 4.79 Å². The standard InChI is InChI=1S/C13H20N4O2/c1-2-19-11-5-7-14-13(16-11)15-8-6-12(18)17-9-3-4-10-17/h5,7H,2-4,6,8-10H2,1H3,(H,14,15,16). The monoisotopic (exact) mass is 264 g/mol. The number of carbonyl (C=O) groups excluding carboxylic acids is 1. The zero-order chi connectivity index (χ0) is 13.5. The highest BCUT2D eigenvalue weighted by Gasteiger charge is 2.17. The molecule has 1 N–H and O–H groups in total. The molecule has 0 saturated carbocycles. The lowest BCUT2D eigenvalue weighted by molar-refractivity contribution is -0.129. The Labute approximate surface area is 113 Å². The molecule has 1 aromatic rings. The van der Waals surface area contributed by atoms with E-state index in [0.29, 0.717) is 31.4 Å². The van der Waals surface area contributed by atoms with Gasteiger partial charge in [-0.1, -0.05) is 0 Å². The van der Waals surface area contributed by atoms with Crippen molar-refractivity contribution >= 4 is 11.9 Å². The van der Waals surface area contributed by atoms with Crippen LogP contribution in [0.15, 0.2) is 12.3 Å². The second-order valence-corrected chi connectivity index (χ2v) is 4.42. The number of rotatable bonds is 6. The second kappa shape index (κ2) is 6.92. The SMILES string of the molecule is CCOc1ccnc(NCCC(=O)N2CCCC2)n1. The molecule has 2 heterocycles. The molecule has 0 bridgehead atoms. The van der Waals surface area contributed by atoms with E-state index in [1.54, 1.807) is 12.3 Å². The van der Waals surface area contributed by atoms with E-state index >= 15 is 0 Å². The lowest BCUT2D eigenvalue weighted by Crippen LogP contribution is -2.29. The number of nitrogens with zero attached hydrogens (tertiary/aromatic N) is 3. The molecule has 1 amide bonds. The lowest BCUT2D eigenvalue weighted by Gasteiger charge is -2.15. The Hall–Kier alpha value is -1.85. The van der Waals surface area contributed by atoms with Crippen molar-refractivity contribution in [2.24, 2.45) is 0 Å². The Morgan fingerprint density at radius 3 is 3.00 bits per heavy atom. The summed E-state index contributed by atoms with van der Waals surface area (Å²) in [7, 11) is 0. The van der Waals surface area contributed by atoms with Crippen molar-refractivity contribution in [3.63, 3.8) is 0 Å². The highest BCUT2D eigenvalue weighted by atomic mass is 16.5. The van der Waals surface area contributed by atoms with E-state index in [2.05, 4.69) is 15.3 Å². The minimum absolute atomic E-state index is 0.200. The molecule has 6 heteroatoms. The zero-order valence-electron chi connectivity index (χ0n) is 11.3. The van der Waals surface area contributed by atoms with Crippen molar-refractivity contribution in [1.82, 2.24) is 14.9 Å². The number of amides is 1. The molecule has 0 spiro atoms. The van der Waals surface area contributed by atoms with Crippen LogP contribution < -0.4 is 10.1 Å². The first-order chi connectivity index (χ1) is 9.29. The number of hydrogen-bond acceptors (Lipinski definition) is 5. The predicted octanol–water partition coefficient (Wildman–Crippen LogP) is 1.30. The summed E-state index contributed by atoms with van der Waals surface area (Å²) in [6.45, 7) is 4.82. The molecule has 1 saturated heterocycles. The Morgan fingerprint density at radius 1 is 1.47 bits per heavy atom. The summed E-state index contributed by atoms with van der Waals surface area (Å²) in [6.07, 6.45) is 4.36. The maximum atomic E-state index is 11.8. The summed E-state index contributed by atoms with van der Waals surface area (Å²) in [4.78, 5) is 22.0. The maximum Gasteiger partial charge on any atom is 0.225 e. The molecule has 1 fully saturated rings. The predicted molar refractivity (Wildman–Crippen MR) is 72.1 cm³/mol. The van der Waals surface area contributed by atoms with Crippen LogP contribution in [0.2, 0.25) is 0 Å². The van der Waals surface area contributed by atoms with Gasteiger partial charge in [-0.25, -0.2) is 4.98 Å². The highest BCUT2D eigenvalue weighted by Crippen LogP contribution is 2.10. The number of likely N-dealkylation sites (tertiary alicyclic amines) is 1. The first-order valence-electron chi connectivity index (χ1n) is 6.77. The molecule has 6 nitrogen and oxygen atoms in total. The Kier molecular flexibility index (Phi) is 4.94. The largest absolute Gasteiger partial charge is 0.478 e. The van der Waals surface area contributed by atoms with Crippen LogP contribution in [0.1, 0.15) is 26.2 Å². The number of ether oxygens (including phenoxy) is 1. The number of aromatic nitrogens is 2. The summed E-state index contributed by atoms with van der Waals surface area (Å²) in [5.74, 6) is 1.25. The third kappa shape index (κ3) is 4.08. The molecule has 0 atom stereocenters. The van der Waals surface area contributed by atoms with Crippen LogP contribution in [0, 0.1) is 0 Å². The van der Waals surface area contributed by atoms with Crippen molar-refractivity contribution in [2.45, 2.75) is 26.2 Å². The molecule has 0 aliphatic carbocycles. The normalized spacial score (nSPS) is 14.5. The molecule has 0 unspecified atom stereocenters. The topological polar surface area (TPSA) is 67.3 Å². The Balaban J connectivity index is 1.75. The van der Waals surface area contributed by atoms with Gasteiger partial charge in [0.2, 0.25) is 17.7 Å². The lowest BCUT2D eigenvalue weighted by atomic mass is 10.3. The first-order valence-corrected chi connectivity index (χ1v) is 6.77. The molecule has 2 rings (SSSR count). The summed E-state index contributed by atoms with van der Waals surface area (Å²) in [5.41, 5.74) is 0. The van der Waals surface area contributed by atoms with E-state index in [9.17, 15) is 4.79 Å². The van der Waals surface area contributed by atoms with Gasteiger partial charge >= 0.3 is 0 Å². The average Bonchev–Trinajstić information content (AvgIpc) is 2.93. The molecule has 1 aliphatic heterocycles. The Bertz CT molecular complexity index is 419. The van der Waals surface area contributed by atoms with E-state index in [1.165, 1.54) is 0 Å². The molecule has 1 aromatic heterocycles. The summed E-state index contributed by atoms with van der Waals surface area (Å²) in [6, 6.07) is 1.71. The summed E-state index contributed by atoms with van der Waals surface area (Å²) < 4.78 is 5.29. The van der Waals surface area contributed by atoms with Gasteiger partial charge in [-0.05, 0) is 19.8 Å². The minimum atomic E-state index is 0.200. The van der Waals surface area contributed by atoms with Gasteiger partial charge in [0, 0.05) is 38.3 Å². The van der Waals surface area contributed by atoms with Crippen LogP contribution >= 0.6 is 0 Å². The van der Waals surface area contributed by atoms with Crippen LogP contribution in [-0.2, 0) is 4.79 Å². The highest BCUT2D eigenvalue weighted by molar-refractivity contribution is 5.76. The van der Waals surface area contributed by atoms with Gasteiger partial charge in [-0.2, -0.15) is 4.98 Å². The zero-order valence-corrected chi connectivity index (χ0v) is 11.3. The van der Waals surface area contributed by atoms with E-state index in [4.69, 9.17) is 4.74 Å². The van der Waals surface area contributed by atoms with Crippen molar-refractivity contribution < 1.29 is 9.53 Å². The molecule has 0 radical (unpaired) electrons. The maximum absolute atomic E-state index is 11.8. The van der Waals surface area contributed by atoms with Crippen molar-refractivity contribution in [3.05, 3.63) is 12.3 Å². The third-order valence-electron chi connectivity index (χ3n) is 3.00. The van der Waals surface area contributed by atoms with Crippen LogP contribution in [0.5, 0.6) is 5.88 Å². The quantitative estimate of drug-likeness (QED) is 0.839. The second-order valence-electron chi connectivity index (χ2n) is 4.42. The van der Waals surface area contributed by atoms with Gasteiger partial charge in [0.1, 0.15) is 0 Å². The van der Waals surface area contributed by atoms with E-state index in [1.807, 2.05) is 11.8 Å². The van der Waals surface area contributed by atoms with Crippen LogP contribution in [0.25, 0.3) is 0 Å². The first kappa shape index (κ1) is 13.6. The van der Waals surface area contributed by atoms with Crippen LogP contribution in [-0.4, -0.2) is 47.0 Å². The average molecular weight is 264 g/mol. The van der Waals surface area contributed by atoms with Gasteiger partial charge in [-0.15, -0.1) is 0 Å². The van der Waals surface area contributed by atoms with Gasteiger partial charge in [0.25, 0.3) is 0 Å². The molecule has 0 aromatic carbocycles. The van der Waals surface area contributed by atoms with Gasteiger partial charge in [0.15, 0.2) is 0 Å². The van der Waals surface area contributed by atoms with E-state index in [0.717, 1.165) is 25.9 Å². The Morgan fingerprint density at radius 2 is 2.26 bits per heavy atom. The van der Waals surface area contributed by atoms with Crippen molar-refractivity contribution in [1.29, 1.82) is 0 Å². The van der Waals surface area contributed by atoms with Gasteiger partial charge in [0.05, 0.1) is 6.61 Å². The summed E-state index contributed by atoms with van der Waals surface area (Å²) in [5, 5.41) is 3.05. The van der Waals surface area contributed by atoms with E-state index in [-0.39, 0.29) is 5.91 Å². The third-order valence-corrected chi connectivity index (χ3v) is 3.00. The summed E-state index contributed by atoms with van der Waals surface area (Å²) >= 11 is 0. The molecule has 19 heavy (non-hydrogen) atoms. The minimum Gasteiger partial charge on any atom is -0.478 e. The van der Waals surface area contributed by atoms with Crippen LogP contribution in [0.3, 0.4) is 0 Å². The molecule has 1 aliphatic rings. The number of nitrogens with one attached hydrogen (secondary N) is 1. The number of hydrogen-bond donors (Lipinski definition) is 1. The van der Waals surface area contributed by atoms with E-state index < -0.39 is 0 Å². The number of anilines is 1. The smallest absolute Gasteiger partial charge is 0.225 e. The fourth-order valence-electron chi connectivity index (χ4n) is 2.06. The fourth-order valence-corrected chi connectivity index (χ4v) is 2.06. The van der Waals surface area contributed by atoms with Crippen molar-refractivity contribution in [2.75, 3.05) is 31.6 Å². The molecular weight excluding hydrogens is 244 g/mol.